The van der Waals surface area contributed by atoms with Crippen molar-refractivity contribution < 1.29 is 14.1 Å². The molecule has 5 rings (SSSR count). The van der Waals surface area contributed by atoms with Crippen molar-refractivity contribution in [2.24, 2.45) is 5.92 Å². The minimum atomic E-state index is -0.307. The van der Waals surface area contributed by atoms with E-state index in [-0.39, 0.29) is 24.2 Å². The highest BCUT2D eigenvalue weighted by molar-refractivity contribution is 9.10. The van der Waals surface area contributed by atoms with Crippen molar-refractivity contribution in [2.75, 3.05) is 42.5 Å². The van der Waals surface area contributed by atoms with Crippen LogP contribution in [0.25, 0.3) is 11.4 Å². The lowest BCUT2D eigenvalue weighted by Crippen LogP contribution is -2.51. The molecule has 1 unspecified atom stereocenters. The Morgan fingerprint density at radius 2 is 1.97 bits per heavy atom. The summed E-state index contributed by atoms with van der Waals surface area (Å²) in [7, 11) is 0. The molecule has 0 radical (unpaired) electrons. The number of halogens is 1. The van der Waals surface area contributed by atoms with Crippen LogP contribution in [0.4, 0.5) is 11.5 Å². The van der Waals surface area contributed by atoms with E-state index >= 15 is 0 Å². The molecule has 2 amide bonds. The Kier molecular flexibility index (Phi) is 5.84. The summed E-state index contributed by atoms with van der Waals surface area (Å²) in [6.45, 7) is 4.76. The Morgan fingerprint density at radius 1 is 1.15 bits per heavy atom. The van der Waals surface area contributed by atoms with Crippen LogP contribution in [-0.2, 0) is 9.59 Å². The monoisotopic (exact) mass is 510 g/mol. The summed E-state index contributed by atoms with van der Waals surface area (Å²) in [5.41, 5.74) is 1.62. The molecule has 0 bridgehead atoms. The van der Waals surface area contributed by atoms with Gasteiger partial charge in [0.1, 0.15) is 5.82 Å². The van der Waals surface area contributed by atoms with E-state index in [4.69, 9.17) is 4.52 Å². The van der Waals surface area contributed by atoms with Gasteiger partial charge >= 0.3 is 0 Å². The fourth-order valence-corrected chi connectivity index (χ4v) is 4.69. The number of carbonyl (C=O) groups is 2. The molecule has 2 saturated heterocycles. The second-order valence-corrected chi connectivity index (χ2v) is 9.16. The first-order valence-corrected chi connectivity index (χ1v) is 11.6. The van der Waals surface area contributed by atoms with Crippen LogP contribution in [0.3, 0.4) is 0 Å². The Hall–Kier alpha value is -3.27. The molecule has 2 aromatic heterocycles. The second kappa shape index (κ2) is 8.93. The van der Waals surface area contributed by atoms with Crippen LogP contribution < -0.4 is 9.80 Å². The number of aryl methyl sites for hydroxylation is 1. The van der Waals surface area contributed by atoms with Crippen LogP contribution in [0, 0.1) is 12.8 Å². The van der Waals surface area contributed by atoms with E-state index in [2.05, 4.69) is 36.0 Å². The molecule has 0 spiro atoms. The number of piperazine rings is 1. The van der Waals surface area contributed by atoms with Crippen molar-refractivity contribution in [2.45, 2.75) is 13.3 Å². The molecule has 2 fully saturated rings. The Morgan fingerprint density at radius 3 is 2.64 bits per heavy atom. The number of carbonyl (C=O) groups excluding carboxylic acids is 2. The lowest BCUT2D eigenvalue weighted by molar-refractivity contribution is -0.136. The van der Waals surface area contributed by atoms with Gasteiger partial charge < -0.3 is 19.2 Å². The fraction of sp³-hybridized carbons (Fsp3) is 0.348. The summed E-state index contributed by atoms with van der Waals surface area (Å²) in [6.07, 6.45) is 1.99. The highest BCUT2D eigenvalue weighted by atomic mass is 79.9. The zero-order valence-electron chi connectivity index (χ0n) is 18.1. The van der Waals surface area contributed by atoms with E-state index in [0.717, 1.165) is 21.5 Å². The quantitative estimate of drug-likeness (QED) is 0.532. The van der Waals surface area contributed by atoms with Crippen LogP contribution in [0.5, 0.6) is 0 Å². The number of aromatic nitrogens is 3. The normalized spacial score (nSPS) is 18.8. The summed E-state index contributed by atoms with van der Waals surface area (Å²) in [5, 5.41) is 3.92. The van der Waals surface area contributed by atoms with Crippen LogP contribution in [0.15, 0.2) is 51.6 Å². The maximum atomic E-state index is 13.1. The molecule has 1 aromatic carbocycles. The number of anilines is 2. The number of hydrogen-bond acceptors (Lipinski definition) is 7. The number of benzene rings is 1. The second-order valence-electron chi connectivity index (χ2n) is 8.24. The SMILES string of the molecule is Cc1nc(-c2ccc(N3CCN(C(=O)C4CC(=O)N(c5cccc(Br)c5)C4)CC3)nc2)no1. The van der Waals surface area contributed by atoms with Gasteiger partial charge in [-0.1, -0.05) is 27.2 Å². The predicted octanol–water partition coefficient (Wildman–Crippen LogP) is 2.90. The maximum Gasteiger partial charge on any atom is 0.228 e. The van der Waals surface area contributed by atoms with Gasteiger partial charge in [-0.25, -0.2) is 4.98 Å². The van der Waals surface area contributed by atoms with Gasteiger partial charge in [0, 0.05) is 68.0 Å². The van der Waals surface area contributed by atoms with Gasteiger partial charge in [0.15, 0.2) is 0 Å². The Labute approximate surface area is 199 Å². The van der Waals surface area contributed by atoms with Crippen molar-refractivity contribution in [3.63, 3.8) is 0 Å². The minimum Gasteiger partial charge on any atom is -0.353 e. The highest BCUT2D eigenvalue weighted by Gasteiger charge is 2.38. The Bertz CT molecular complexity index is 1170. The van der Waals surface area contributed by atoms with E-state index < -0.39 is 0 Å². The van der Waals surface area contributed by atoms with E-state index in [1.807, 2.05) is 41.3 Å². The standard InChI is InChI=1S/C23H23BrN6O3/c1-15-26-22(27-33-15)16-5-6-20(25-13-16)28-7-9-29(10-8-28)23(32)17-11-21(31)30(14-17)19-4-2-3-18(24)12-19/h2-6,12-13,17H,7-11,14H2,1H3. The number of pyridine rings is 1. The van der Waals surface area contributed by atoms with Gasteiger partial charge in [0.2, 0.25) is 23.5 Å². The van der Waals surface area contributed by atoms with Crippen molar-refractivity contribution in [1.29, 1.82) is 0 Å². The predicted molar refractivity (Wildman–Crippen MR) is 126 cm³/mol. The molecule has 9 nitrogen and oxygen atoms in total. The van der Waals surface area contributed by atoms with Gasteiger partial charge in [-0.15, -0.1) is 0 Å². The molecule has 2 aliphatic rings. The van der Waals surface area contributed by atoms with Crippen LogP contribution >= 0.6 is 15.9 Å². The smallest absolute Gasteiger partial charge is 0.228 e. The van der Waals surface area contributed by atoms with Gasteiger partial charge in [-0.2, -0.15) is 4.98 Å². The van der Waals surface area contributed by atoms with Crippen molar-refractivity contribution >= 4 is 39.2 Å². The third-order valence-electron chi connectivity index (χ3n) is 6.04. The minimum absolute atomic E-state index is 0.00817. The number of amides is 2. The molecule has 4 heterocycles. The molecule has 10 heteroatoms. The zero-order valence-corrected chi connectivity index (χ0v) is 19.7. The molecule has 33 heavy (non-hydrogen) atoms. The van der Waals surface area contributed by atoms with Crippen molar-refractivity contribution in [1.82, 2.24) is 20.0 Å². The number of hydrogen-bond donors (Lipinski definition) is 0. The maximum absolute atomic E-state index is 13.1. The molecule has 0 aliphatic carbocycles. The first-order chi connectivity index (χ1) is 16.0. The topological polar surface area (TPSA) is 95.7 Å². The van der Waals surface area contributed by atoms with Crippen molar-refractivity contribution in [3.05, 3.63) is 53.0 Å². The highest BCUT2D eigenvalue weighted by Crippen LogP contribution is 2.29. The molecule has 1 atom stereocenters. The van der Waals surface area contributed by atoms with E-state index in [1.54, 1.807) is 18.0 Å². The number of nitrogens with zero attached hydrogens (tertiary/aromatic N) is 6. The molecular formula is C23H23BrN6O3. The summed E-state index contributed by atoms with van der Waals surface area (Å²) >= 11 is 3.44. The lowest BCUT2D eigenvalue weighted by Gasteiger charge is -2.36. The first-order valence-electron chi connectivity index (χ1n) is 10.8. The number of rotatable bonds is 4. The molecule has 170 valence electrons. The lowest BCUT2D eigenvalue weighted by atomic mass is 10.1. The van der Waals surface area contributed by atoms with Crippen molar-refractivity contribution in [3.8, 4) is 11.4 Å². The van der Waals surface area contributed by atoms with E-state index in [0.29, 0.717) is 44.4 Å². The van der Waals surface area contributed by atoms with Gasteiger partial charge in [0.05, 0.1) is 5.92 Å². The summed E-state index contributed by atoms with van der Waals surface area (Å²) in [6, 6.07) is 11.5. The van der Waals surface area contributed by atoms with Gasteiger partial charge in [-0.05, 0) is 30.3 Å². The van der Waals surface area contributed by atoms with Gasteiger partial charge in [-0.3, -0.25) is 9.59 Å². The largest absolute Gasteiger partial charge is 0.353 e. The molecule has 0 saturated carbocycles. The molecular weight excluding hydrogens is 488 g/mol. The van der Waals surface area contributed by atoms with Crippen LogP contribution in [-0.4, -0.2) is 64.6 Å². The van der Waals surface area contributed by atoms with Crippen LogP contribution in [0.2, 0.25) is 0 Å². The molecule has 3 aromatic rings. The summed E-state index contributed by atoms with van der Waals surface area (Å²) in [4.78, 5) is 40.2. The molecule has 0 N–H and O–H groups in total. The average Bonchev–Trinajstić information content (AvgIpc) is 3.44. The summed E-state index contributed by atoms with van der Waals surface area (Å²) < 4.78 is 5.93. The average molecular weight is 511 g/mol. The third-order valence-corrected chi connectivity index (χ3v) is 6.54. The third kappa shape index (κ3) is 4.47. The van der Waals surface area contributed by atoms with Crippen LogP contribution in [0.1, 0.15) is 12.3 Å². The Balaban J connectivity index is 1.18. The molecule has 2 aliphatic heterocycles. The van der Waals surface area contributed by atoms with E-state index in [9.17, 15) is 9.59 Å². The fourth-order valence-electron chi connectivity index (χ4n) is 4.30. The summed E-state index contributed by atoms with van der Waals surface area (Å²) in [5.74, 6) is 1.62. The van der Waals surface area contributed by atoms with Gasteiger partial charge in [0.25, 0.3) is 0 Å². The first kappa shape index (κ1) is 21.6. The zero-order chi connectivity index (χ0) is 22.9. The van der Waals surface area contributed by atoms with E-state index in [1.165, 1.54) is 0 Å².